The molecule has 1 aliphatic carbocycles. The molecule has 1 heterocycles. The maximum atomic E-state index is 12.2. The van der Waals surface area contributed by atoms with Crippen molar-refractivity contribution in [2.24, 2.45) is 5.92 Å². The number of rotatable bonds is 1. The second kappa shape index (κ2) is 5.21. The lowest BCUT2D eigenvalue weighted by atomic mass is 9.93. The van der Waals surface area contributed by atoms with Gasteiger partial charge in [-0.1, -0.05) is 12.2 Å². The van der Waals surface area contributed by atoms with E-state index < -0.39 is 9.84 Å². The number of allylic oxidation sites excluding steroid dienone is 2. The van der Waals surface area contributed by atoms with Gasteiger partial charge in [-0.05, 0) is 25.7 Å². The second-order valence-electron chi connectivity index (χ2n) is 4.81. The molecule has 0 saturated carbocycles. The van der Waals surface area contributed by atoms with Crippen LogP contribution in [0, 0.1) is 5.92 Å². The van der Waals surface area contributed by atoms with Crippen molar-refractivity contribution in [2.45, 2.75) is 25.7 Å². The van der Waals surface area contributed by atoms with E-state index in [0.717, 1.165) is 19.3 Å². The molecule has 1 saturated heterocycles. The monoisotopic (exact) mass is 257 g/mol. The Balaban J connectivity index is 1.97. The van der Waals surface area contributed by atoms with E-state index in [1.165, 1.54) is 0 Å². The Morgan fingerprint density at radius 1 is 1.18 bits per heavy atom. The van der Waals surface area contributed by atoms with Gasteiger partial charge in [0.25, 0.3) is 0 Å². The Labute approximate surface area is 103 Å². The Morgan fingerprint density at radius 3 is 2.71 bits per heavy atom. The van der Waals surface area contributed by atoms with Crippen LogP contribution in [0.15, 0.2) is 12.2 Å². The molecule has 0 aromatic carbocycles. The number of carbonyl (C=O) groups excluding carboxylic acids is 1. The van der Waals surface area contributed by atoms with Gasteiger partial charge in [0, 0.05) is 19.0 Å². The lowest BCUT2D eigenvalue weighted by Gasteiger charge is -2.26. The summed E-state index contributed by atoms with van der Waals surface area (Å²) >= 11 is 0. The van der Waals surface area contributed by atoms with Crippen molar-refractivity contribution in [1.82, 2.24) is 4.90 Å². The molecule has 0 bridgehead atoms. The average Bonchev–Trinajstić information content (AvgIpc) is 2.50. The third kappa shape index (κ3) is 3.31. The molecule has 0 aromatic rings. The molecule has 0 aromatic heterocycles. The van der Waals surface area contributed by atoms with Crippen LogP contribution >= 0.6 is 0 Å². The summed E-state index contributed by atoms with van der Waals surface area (Å²) in [6, 6.07) is 0. The third-order valence-electron chi connectivity index (χ3n) is 3.49. The summed E-state index contributed by atoms with van der Waals surface area (Å²) < 4.78 is 22.9. The Morgan fingerprint density at radius 2 is 2.00 bits per heavy atom. The van der Waals surface area contributed by atoms with Crippen molar-refractivity contribution in [1.29, 1.82) is 0 Å². The topological polar surface area (TPSA) is 54.5 Å². The van der Waals surface area contributed by atoms with Gasteiger partial charge in [-0.3, -0.25) is 4.79 Å². The smallest absolute Gasteiger partial charge is 0.226 e. The van der Waals surface area contributed by atoms with Gasteiger partial charge in [0.1, 0.15) is 0 Å². The van der Waals surface area contributed by atoms with Gasteiger partial charge in [-0.15, -0.1) is 0 Å². The molecule has 2 aliphatic rings. The Hall–Kier alpha value is -0.840. The van der Waals surface area contributed by atoms with Crippen LogP contribution < -0.4 is 0 Å². The van der Waals surface area contributed by atoms with E-state index in [1.54, 1.807) is 4.90 Å². The van der Waals surface area contributed by atoms with Crippen LogP contribution in [-0.2, 0) is 14.6 Å². The standard InChI is InChI=1S/C12H19NO3S/c14-12(11-5-2-1-3-6-11)13-7-4-9-17(15,16)10-8-13/h1-2,11H,3-10H2. The van der Waals surface area contributed by atoms with Gasteiger partial charge < -0.3 is 4.90 Å². The Kier molecular flexibility index (Phi) is 3.86. The first kappa shape index (κ1) is 12.6. The molecule has 96 valence electrons. The predicted molar refractivity (Wildman–Crippen MR) is 66.3 cm³/mol. The SMILES string of the molecule is O=C(C1CC=CCC1)N1CCCS(=O)(=O)CC1. The fourth-order valence-corrected chi connectivity index (χ4v) is 3.71. The first-order valence-corrected chi connectivity index (χ1v) is 8.05. The van der Waals surface area contributed by atoms with Crippen molar-refractivity contribution >= 4 is 15.7 Å². The first-order valence-electron chi connectivity index (χ1n) is 6.23. The number of carbonyl (C=O) groups is 1. The van der Waals surface area contributed by atoms with E-state index in [1.807, 2.05) is 0 Å². The summed E-state index contributed by atoms with van der Waals surface area (Å²) in [7, 11) is -2.92. The van der Waals surface area contributed by atoms with Crippen LogP contribution in [0.5, 0.6) is 0 Å². The highest BCUT2D eigenvalue weighted by molar-refractivity contribution is 7.91. The molecule has 5 heteroatoms. The molecule has 0 N–H and O–H groups in total. The molecular formula is C12H19NO3S. The quantitative estimate of drug-likeness (QED) is 0.658. The highest BCUT2D eigenvalue weighted by Crippen LogP contribution is 2.21. The lowest BCUT2D eigenvalue weighted by molar-refractivity contribution is -0.135. The normalized spacial score (nSPS) is 28.7. The van der Waals surface area contributed by atoms with Crippen molar-refractivity contribution < 1.29 is 13.2 Å². The van der Waals surface area contributed by atoms with Crippen LogP contribution in [0.25, 0.3) is 0 Å². The zero-order valence-corrected chi connectivity index (χ0v) is 10.8. The van der Waals surface area contributed by atoms with Crippen molar-refractivity contribution in [3.63, 3.8) is 0 Å². The van der Waals surface area contributed by atoms with Crippen LogP contribution in [0.4, 0.5) is 0 Å². The largest absolute Gasteiger partial charge is 0.341 e. The van der Waals surface area contributed by atoms with Crippen molar-refractivity contribution in [3.05, 3.63) is 12.2 Å². The minimum atomic E-state index is -2.92. The number of nitrogens with zero attached hydrogens (tertiary/aromatic N) is 1. The number of amides is 1. The van der Waals surface area contributed by atoms with Crippen LogP contribution in [0.1, 0.15) is 25.7 Å². The molecule has 1 atom stereocenters. The van der Waals surface area contributed by atoms with E-state index in [-0.39, 0.29) is 23.3 Å². The molecule has 4 nitrogen and oxygen atoms in total. The first-order chi connectivity index (χ1) is 8.08. The molecule has 17 heavy (non-hydrogen) atoms. The zero-order valence-electron chi connectivity index (χ0n) is 9.97. The van der Waals surface area contributed by atoms with E-state index in [0.29, 0.717) is 19.5 Å². The minimum absolute atomic E-state index is 0.0702. The van der Waals surface area contributed by atoms with Crippen molar-refractivity contribution in [3.8, 4) is 0 Å². The van der Waals surface area contributed by atoms with Crippen LogP contribution in [0.3, 0.4) is 0 Å². The molecule has 1 amide bonds. The Bertz CT molecular complexity index is 413. The van der Waals surface area contributed by atoms with Gasteiger partial charge in [0.15, 0.2) is 9.84 Å². The van der Waals surface area contributed by atoms with E-state index >= 15 is 0 Å². The summed E-state index contributed by atoms with van der Waals surface area (Å²) in [5.41, 5.74) is 0. The number of sulfone groups is 1. The van der Waals surface area contributed by atoms with E-state index in [9.17, 15) is 13.2 Å². The van der Waals surface area contributed by atoms with Crippen LogP contribution in [0.2, 0.25) is 0 Å². The summed E-state index contributed by atoms with van der Waals surface area (Å²) in [5.74, 6) is 0.565. The van der Waals surface area contributed by atoms with Gasteiger partial charge in [-0.2, -0.15) is 0 Å². The van der Waals surface area contributed by atoms with Gasteiger partial charge in [0.2, 0.25) is 5.91 Å². The number of hydrogen-bond acceptors (Lipinski definition) is 3. The van der Waals surface area contributed by atoms with E-state index in [4.69, 9.17) is 0 Å². The average molecular weight is 257 g/mol. The zero-order chi connectivity index (χ0) is 12.3. The molecule has 0 spiro atoms. The second-order valence-corrected chi connectivity index (χ2v) is 7.12. The van der Waals surface area contributed by atoms with E-state index in [2.05, 4.69) is 12.2 Å². The predicted octanol–water partition coefficient (Wildman–Crippen LogP) is 0.990. The van der Waals surface area contributed by atoms with Gasteiger partial charge in [0.05, 0.1) is 11.5 Å². The summed E-state index contributed by atoms with van der Waals surface area (Å²) in [4.78, 5) is 14.0. The summed E-state index contributed by atoms with van der Waals surface area (Å²) in [6.45, 7) is 0.972. The molecule has 0 radical (unpaired) electrons. The molecule has 1 aliphatic heterocycles. The van der Waals surface area contributed by atoms with Crippen LogP contribution in [-0.4, -0.2) is 43.8 Å². The van der Waals surface area contributed by atoms with Gasteiger partial charge in [-0.25, -0.2) is 8.42 Å². The van der Waals surface area contributed by atoms with Crippen molar-refractivity contribution in [2.75, 3.05) is 24.6 Å². The maximum absolute atomic E-state index is 12.2. The minimum Gasteiger partial charge on any atom is -0.341 e. The molecule has 2 rings (SSSR count). The summed E-state index contributed by atoms with van der Waals surface area (Å²) in [6.07, 6.45) is 7.41. The number of hydrogen-bond donors (Lipinski definition) is 0. The maximum Gasteiger partial charge on any atom is 0.226 e. The van der Waals surface area contributed by atoms with Gasteiger partial charge >= 0.3 is 0 Å². The lowest BCUT2D eigenvalue weighted by Crippen LogP contribution is -2.38. The highest BCUT2D eigenvalue weighted by Gasteiger charge is 2.27. The fourth-order valence-electron chi connectivity index (χ4n) is 2.43. The molecule has 1 unspecified atom stereocenters. The highest BCUT2D eigenvalue weighted by atomic mass is 32.2. The molecule has 1 fully saturated rings. The summed E-state index contributed by atoms with van der Waals surface area (Å²) in [5, 5.41) is 0. The fraction of sp³-hybridized carbons (Fsp3) is 0.750. The third-order valence-corrected chi connectivity index (χ3v) is 5.20. The molecular weight excluding hydrogens is 238 g/mol.